The largest absolute Gasteiger partial charge is 1.00 e. The molecular formula is C18H16NNaO4S2. The summed E-state index contributed by atoms with van der Waals surface area (Å²) in [5.74, 6) is -0.401. The van der Waals surface area contributed by atoms with E-state index in [0.717, 1.165) is 16.9 Å². The van der Waals surface area contributed by atoms with Crippen LogP contribution in [0.2, 0.25) is 0 Å². The minimum absolute atomic E-state index is 0. The summed E-state index contributed by atoms with van der Waals surface area (Å²) < 4.78 is 29.8. The molecule has 0 atom stereocenters. The number of nitrogens with one attached hydrogen (secondary N) is 1. The van der Waals surface area contributed by atoms with Gasteiger partial charge in [-0.05, 0) is 29.1 Å². The van der Waals surface area contributed by atoms with Crippen molar-refractivity contribution in [3.63, 3.8) is 0 Å². The molecule has 1 N–H and O–H groups in total. The van der Waals surface area contributed by atoms with Crippen LogP contribution in [0, 0.1) is 0 Å². The molecule has 5 nitrogen and oxygen atoms in total. The third-order valence-corrected chi connectivity index (χ3v) is 5.96. The van der Waals surface area contributed by atoms with E-state index in [4.69, 9.17) is 4.18 Å². The number of hydrogen-bond acceptors (Lipinski definition) is 5. The van der Waals surface area contributed by atoms with Crippen LogP contribution in [0.4, 0.5) is 0 Å². The molecule has 0 aliphatic carbocycles. The van der Waals surface area contributed by atoms with Crippen LogP contribution in [-0.2, 0) is 16.7 Å². The third kappa shape index (κ3) is 5.18. The molecule has 0 saturated carbocycles. The van der Waals surface area contributed by atoms with Crippen molar-refractivity contribution in [2.45, 2.75) is 10.8 Å². The molecule has 3 aromatic rings. The number of carbonyl (C=O) groups is 1. The Morgan fingerprint density at radius 1 is 1.00 bits per heavy atom. The molecule has 130 valence electrons. The number of para-hydroxylation sites is 1. The molecule has 0 aliphatic heterocycles. The van der Waals surface area contributed by atoms with Crippen LogP contribution in [0.15, 0.2) is 76.3 Å². The summed E-state index contributed by atoms with van der Waals surface area (Å²) >= 11 is 1.06. The minimum Gasteiger partial charge on any atom is -1.00 e. The van der Waals surface area contributed by atoms with Crippen LogP contribution in [0.1, 0.15) is 17.3 Å². The number of thiophene rings is 1. The number of benzene rings is 2. The number of hydrogen-bond donors (Lipinski definition) is 1. The molecule has 0 fully saturated rings. The third-order valence-electron chi connectivity index (χ3n) is 3.37. The number of rotatable bonds is 6. The van der Waals surface area contributed by atoms with Crippen LogP contribution in [-0.4, -0.2) is 14.3 Å². The van der Waals surface area contributed by atoms with E-state index in [1.165, 1.54) is 18.2 Å². The van der Waals surface area contributed by atoms with Gasteiger partial charge in [-0.15, -0.1) is 11.3 Å². The second kappa shape index (κ2) is 9.34. The fourth-order valence-electron chi connectivity index (χ4n) is 2.17. The summed E-state index contributed by atoms with van der Waals surface area (Å²) in [6, 6.07) is 18.8. The molecule has 3 rings (SSSR count). The molecule has 0 spiro atoms. The molecule has 0 saturated heterocycles. The summed E-state index contributed by atoms with van der Waals surface area (Å²) in [4.78, 5) is 12.4. The van der Waals surface area contributed by atoms with Crippen molar-refractivity contribution in [1.29, 1.82) is 0 Å². The van der Waals surface area contributed by atoms with Gasteiger partial charge in [-0.25, -0.2) is 0 Å². The van der Waals surface area contributed by atoms with Crippen molar-refractivity contribution in [2.24, 2.45) is 0 Å². The number of amides is 1. The van der Waals surface area contributed by atoms with E-state index in [1.54, 1.807) is 23.6 Å². The fraction of sp³-hybridized carbons (Fsp3) is 0.0556. The Morgan fingerprint density at radius 3 is 2.38 bits per heavy atom. The smallest absolute Gasteiger partial charge is 1.00 e. The van der Waals surface area contributed by atoms with Gasteiger partial charge < -0.3 is 10.9 Å². The fourth-order valence-corrected chi connectivity index (χ4v) is 4.06. The maximum atomic E-state index is 12.4. The molecule has 1 amide bonds. The molecule has 0 radical (unpaired) electrons. The molecule has 0 aliphatic rings. The Morgan fingerprint density at radius 2 is 1.69 bits per heavy atom. The average molecular weight is 397 g/mol. The Labute approximate surface area is 179 Å². The zero-order valence-corrected chi connectivity index (χ0v) is 17.7. The van der Waals surface area contributed by atoms with Crippen LogP contribution >= 0.6 is 11.3 Å². The second-order valence-electron chi connectivity index (χ2n) is 5.13. The predicted molar refractivity (Wildman–Crippen MR) is 97.3 cm³/mol. The van der Waals surface area contributed by atoms with Crippen LogP contribution in [0.3, 0.4) is 0 Å². The topological polar surface area (TPSA) is 72.5 Å². The van der Waals surface area contributed by atoms with Gasteiger partial charge in [0.25, 0.3) is 5.91 Å². The van der Waals surface area contributed by atoms with Crippen molar-refractivity contribution >= 4 is 27.4 Å². The van der Waals surface area contributed by atoms with Gasteiger partial charge >= 0.3 is 39.7 Å². The van der Waals surface area contributed by atoms with Gasteiger partial charge in [0.2, 0.25) is 0 Å². The van der Waals surface area contributed by atoms with E-state index < -0.39 is 16.0 Å². The SMILES string of the molecule is O=C(NCc1ccccc1)c1ccccc1OS(=O)(=O)c1cccs1.[H-].[Na+]. The van der Waals surface area contributed by atoms with Crippen LogP contribution in [0.5, 0.6) is 5.75 Å². The quantitative estimate of drug-likeness (QED) is 0.487. The summed E-state index contributed by atoms with van der Waals surface area (Å²) in [5.41, 5.74) is 1.11. The molecule has 2 aromatic carbocycles. The molecule has 26 heavy (non-hydrogen) atoms. The van der Waals surface area contributed by atoms with Gasteiger partial charge in [0.1, 0.15) is 0 Å². The first kappa shape index (κ1) is 20.7. The summed E-state index contributed by atoms with van der Waals surface area (Å²) in [6.07, 6.45) is 0. The minimum atomic E-state index is -3.95. The molecule has 0 unspecified atom stereocenters. The monoisotopic (exact) mass is 397 g/mol. The van der Waals surface area contributed by atoms with Crippen molar-refractivity contribution in [2.75, 3.05) is 0 Å². The molecule has 1 heterocycles. The van der Waals surface area contributed by atoms with Crippen LogP contribution < -0.4 is 39.1 Å². The van der Waals surface area contributed by atoms with E-state index in [0.29, 0.717) is 6.54 Å². The maximum absolute atomic E-state index is 12.4. The summed E-state index contributed by atoms with van der Waals surface area (Å²) in [5, 5.41) is 4.41. The second-order valence-corrected chi connectivity index (χ2v) is 7.85. The van der Waals surface area contributed by atoms with Crippen molar-refractivity contribution < 1.29 is 48.4 Å². The predicted octanol–water partition coefficient (Wildman–Crippen LogP) is 0.562. The Hall–Kier alpha value is -1.64. The Balaban J connectivity index is 0.00000182. The van der Waals surface area contributed by atoms with Crippen LogP contribution in [0.25, 0.3) is 0 Å². The van der Waals surface area contributed by atoms with E-state index in [1.807, 2.05) is 30.3 Å². The zero-order valence-electron chi connectivity index (χ0n) is 15.1. The first-order valence-corrected chi connectivity index (χ1v) is 9.74. The van der Waals surface area contributed by atoms with Crippen molar-refractivity contribution in [1.82, 2.24) is 5.32 Å². The zero-order chi connectivity index (χ0) is 17.7. The first-order chi connectivity index (χ1) is 12.1. The average Bonchev–Trinajstić information content (AvgIpc) is 3.16. The molecule has 0 bridgehead atoms. The van der Waals surface area contributed by atoms with Gasteiger partial charge in [0, 0.05) is 6.54 Å². The van der Waals surface area contributed by atoms with E-state index in [-0.39, 0.29) is 46.5 Å². The normalized spacial score (nSPS) is 10.6. The van der Waals surface area contributed by atoms with Crippen molar-refractivity contribution in [3.05, 3.63) is 83.2 Å². The summed E-state index contributed by atoms with van der Waals surface area (Å²) in [7, 11) is -3.95. The van der Waals surface area contributed by atoms with Gasteiger partial charge in [-0.3, -0.25) is 4.79 Å². The van der Waals surface area contributed by atoms with E-state index >= 15 is 0 Å². The summed E-state index contributed by atoms with van der Waals surface area (Å²) in [6.45, 7) is 0.339. The van der Waals surface area contributed by atoms with Gasteiger partial charge in [0.05, 0.1) is 5.56 Å². The van der Waals surface area contributed by atoms with E-state index in [9.17, 15) is 13.2 Å². The first-order valence-electron chi connectivity index (χ1n) is 7.45. The molecule has 1 aromatic heterocycles. The maximum Gasteiger partial charge on any atom is 1.00 e. The van der Waals surface area contributed by atoms with Gasteiger partial charge in [0.15, 0.2) is 9.96 Å². The standard InChI is InChI=1S/C18H15NO4S2.Na.H/c20-18(19-13-14-7-2-1-3-8-14)15-9-4-5-10-16(15)23-25(21,22)17-11-6-12-24-17;;/h1-12H,13H2,(H,19,20);;/q;+1;-1. The van der Waals surface area contributed by atoms with Gasteiger partial charge in [-0.1, -0.05) is 48.5 Å². The van der Waals surface area contributed by atoms with Gasteiger partial charge in [-0.2, -0.15) is 8.42 Å². The Kier molecular flexibility index (Phi) is 7.43. The number of carbonyl (C=O) groups excluding carboxylic acids is 1. The van der Waals surface area contributed by atoms with Crippen molar-refractivity contribution in [3.8, 4) is 5.75 Å². The van der Waals surface area contributed by atoms with E-state index in [2.05, 4.69) is 5.32 Å². The molecular weight excluding hydrogens is 381 g/mol. The Bertz CT molecular complexity index is 964. The molecule has 8 heteroatoms.